The van der Waals surface area contributed by atoms with Crippen molar-refractivity contribution in [2.45, 2.75) is 0 Å². The first kappa shape index (κ1) is 21.4. The summed E-state index contributed by atoms with van der Waals surface area (Å²) in [6.07, 6.45) is 1.05. The summed E-state index contributed by atoms with van der Waals surface area (Å²) in [7, 11) is 2.47. The maximum absolute atomic E-state index is 12.5. The number of amides is 1. The van der Waals surface area contributed by atoms with Gasteiger partial charge in [0, 0.05) is 37.6 Å². The monoisotopic (exact) mass is 429 g/mol. The van der Waals surface area contributed by atoms with E-state index < -0.39 is 11.9 Å². The third-order valence-corrected chi connectivity index (χ3v) is 5.54. The highest BCUT2D eigenvalue weighted by Gasteiger charge is 2.23. The molecule has 0 saturated carbocycles. The van der Waals surface area contributed by atoms with Crippen LogP contribution < -0.4 is 10.2 Å². The SMILES string of the molecule is COC(=O)/C=C(/Nc1ccc(N2CCN(C(=O)c3cccs3)CC2)cc1)C(=O)OC. The van der Waals surface area contributed by atoms with Gasteiger partial charge < -0.3 is 24.6 Å². The highest BCUT2D eigenvalue weighted by molar-refractivity contribution is 7.12. The van der Waals surface area contributed by atoms with Crippen molar-refractivity contribution in [3.05, 3.63) is 58.4 Å². The second-order valence-corrected chi connectivity index (χ2v) is 7.45. The van der Waals surface area contributed by atoms with Crippen molar-refractivity contribution in [3.8, 4) is 0 Å². The minimum absolute atomic E-state index is 0.0159. The molecule has 9 heteroatoms. The predicted octanol–water partition coefficient (Wildman–Crippen LogP) is 2.35. The maximum atomic E-state index is 12.5. The third kappa shape index (κ3) is 5.18. The predicted molar refractivity (Wildman–Crippen MR) is 115 cm³/mol. The van der Waals surface area contributed by atoms with Gasteiger partial charge in [-0.1, -0.05) is 6.07 Å². The van der Waals surface area contributed by atoms with E-state index in [1.54, 1.807) is 0 Å². The van der Waals surface area contributed by atoms with E-state index in [9.17, 15) is 14.4 Å². The number of thiophene rings is 1. The van der Waals surface area contributed by atoms with Crippen molar-refractivity contribution in [1.82, 2.24) is 4.90 Å². The lowest BCUT2D eigenvalue weighted by atomic mass is 10.2. The van der Waals surface area contributed by atoms with Crippen molar-refractivity contribution in [2.75, 3.05) is 50.6 Å². The molecule has 0 radical (unpaired) electrons. The van der Waals surface area contributed by atoms with Gasteiger partial charge in [0.05, 0.1) is 25.2 Å². The van der Waals surface area contributed by atoms with Crippen molar-refractivity contribution in [2.24, 2.45) is 0 Å². The summed E-state index contributed by atoms with van der Waals surface area (Å²) in [4.78, 5) is 40.6. The van der Waals surface area contributed by atoms with Crippen LogP contribution in [0.3, 0.4) is 0 Å². The third-order valence-electron chi connectivity index (χ3n) is 4.68. The molecule has 1 amide bonds. The van der Waals surface area contributed by atoms with Gasteiger partial charge in [0.25, 0.3) is 5.91 Å². The van der Waals surface area contributed by atoms with Crippen LogP contribution in [0.1, 0.15) is 9.67 Å². The topological polar surface area (TPSA) is 88.2 Å². The Labute approximate surface area is 178 Å². The molecule has 1 N–H and O–H groups in total. The van der Waals surface area contributed by atoms with E-state index in [2.05, 4.69) is 19.7 Å². The van der Waals surface area contributed by atoms with Crippen LogP contribution in [0.2, 0.25) is 0 Å². The van der Waals surface area contributed by atoms with Crippen molar-refractivity contribution >= 4 is 40.6 Å². The molecule has 8 nitrogen and oxygen atoms in total. The molecule has 0 aliphatic carbocycles. The Kier molecular flexibility index (Phi) is 7.08. The molecular weight excluding hydrogens is 406 g/mol. The first-order chi connectivity index (χ1) is 14.5. The van der Waals surface area contributed by atoms with Gasteiger partial charge in [0.2, 0.25) is 0 Å². The standard InChI is InChI=1S/C21H23N3O5S/c1-28-19(25)14-17(21(27)29-2)22-15-5-7-16(8-6-15)23-9-11-24(12-10-23)20(26)18-4-3-13-30-18/h3-8,13-14,22H,9-12H2,1-2H3/b17-14+. The molecule has 2 aromatic rings. The van der Waals surface area contributed by atoms with Crippen molar-refractivity contribution < 1.29 is 23.9 Å². The summed E-state index contributed by atoms with van der Waals surface area (Å²) in [6.45, 7) is 2.79. The van der Waals surface area contributed by atoms with E-state index in [0.29, 0.717) is 18.8 Å². The minimum Gasteiger partial charge on any atom is -0.466 e. The smallest absolute Gasteiger partial charge is 0.354 e. The number of esters is 2. The molecule has 3 rings (SSSR count). The zero-order chi connectivity index (χ0) is 21.5. The molecule has 1 aliphatic rings. The van der Waals surface area contributed by atoms with Crippen molar-refractivity contribution in [3.63, 3.8) is 0 Å². The minimum atomic E-state index is -0.670. The van der Waals surface area contributed by atoms with E-state index in [-0.39, 0.29) is 11.6 Å². The number of rotatable bonds is 6. The largest absolute Gasteiger partial charge is 0.466 e. The Balaban J connectivity index is 1.60. The second-order valence-electron chi connectivity index (χ2n) is 6.50. The summed E-state index contributed by atoms with van der Waals surface area (Å²) < 4.78 is 9.25. The van der Waals surface area contributed by atoms with Gasteiger partial charge in [0.1, 0.15) is 5.70 Å². The lowest BCUT2D eigenvalue weighted by Gasteiger charge is -2.36. The van der Waals surface area contributed by atoms with Crippen LogP contribution >= 0.6 is 11.3 Å². The van der Waals surface area contributed by atoms with Gasteiger partial charge >= 0.3 is 11.9 Å². The van der Waals surface area contributed by atoms with Gasteiger partial charge in [-0.05, 0) is 35.7 Å². The Morgan fingerprint density at radius 1 is 1.00 bits per heavy atom. The molecule has 0 unspecified atom stereocenters. The molecule has 158 valence electrons. The fourth-order valence-electron chi connectivity index (χ4n) is 3.07. The first-order valence-electron chi connectivity index (χ1n) is 9.34. The van der Waals surface area contributed by atoms with Gasteiger partial charge in [-0.15, -0.1) is 11.3 Å². The zero-order valence-corrected chi connectivity index (χ0v) is 17.6. The molecule has 1 aromatic heterocycles. The van der Waals surface area contributed by atoms with Gasteiger partial charge in [-0.3, -0.25) is 4.79 Å². The van der Waals surface area contributed by atoms with Gasteiger partial charge in [0.15, 0.2) is 0 Å². The van der Waals surface area contributed by atoms with Gasteiger partial charge in [-0.2, -0.15) is 0 Å². The number of carbonyl (C=O) groups is 3. The summed E-state index contributed by atoms with van der Waals surface area (Å²) in [6, 6.07) is 11.2. The van der Waals surface area contributed by atoms with Gasteiger partial charge in [-0.25, -0.2) is 9.59 Å². The van der Waals surface area contributed by atoms with E-state index in [0.717, 1.165) is 29.7 Å². The Hall–Kier alpha value is -3.33. The van der Waals surface area contributed by atoms with Crippen LogP contribution in [0.4, 0.5) is 11.4 Å². The Morgan fingerprint density at radius 2 is 1.70 bits per heavy atom. The molecule has 1 aromatic carbocycles. The lowest BCUT2D eigenvalue weighted by Crippen LogP contribution is -2.48. The van der Waals surface area contributed by atoms with Crippen LogP contribution in [0.5, 0.6) is 0 Å². The fraction of sp³-hybridized carbons (Fsp3) is 0.286. The number of hydrogen-bond donors (Lipinski definition) is 1. The Morgan fingerprint density at radius 3 is 2.27 bits per heavy atom. The number of ether oxygens (including phenoxy) is 2. The summed E-state index contributed by atoms with van der Waals surface area (Å²) in [5, 5.41) is 4.79. The molecule has 1 aliphatic heterocycles. The van der Waals surface area contributed by atoms with E-state index in [4.69, 9.17) is 0 Å². The Bertz CT molecular complexity index is 917. The van der Waals surface area contributed by atoms with Crippen LogP contribution in [0, 0.1) is 0 Å². The van der Waals surface area contributed by atoms with Crippen LogP contribution in [0.15, 0.2) is 53.6 Å². The van der Waals surface area contributed by atoms with E-state index in [1.165, 1.54) is 25.6 Å². The first-order valence-corrected chi connectivity index (χ1v) is 10.2. The normalized spacial score (nSPS) is 14.3. The molecule has 2 heterocycles. The van der Waals surface area contributed by atoms with Crippen LogP contribution in [0.25, 0.3) is 0 Å². The molecule has 0 atom stereocenters. The number of piperazine rings is 1. The average Bonchev–Trinajstić information content (AvgIpc) is 3.33. The number of nitrogens with zero attached hydrogens (tertiary/aromatic N) is 2. The zero-order valence-electron chi connectivity index (χ0n) is 16.8. The number of anilines is 2. The summed E-state index contributed by atoms with van der Waals surface area (Å²) in [5.41, 5.74) is 1.63. The van der Waals surface area contributed by atoms with Crippen LogP contribution in [-0.4, -0.2) is 63.1 Å². The molecule has 1 saturated heterocycles. The molecule has 0 spiro atoms. The molecule has 1 fully saturated rings. The highest BCUT2D eigenvalue weighted by Crippen LogP contribution is 2.22. The van der Waals surface area contributed by atoms with E-state index in [1.807, 2.05) is 46.7 Å². The summed E-state index contributed by atoms with van der Waals surface area (Å²) >= 11 is 1.46. The number of hydrogen-bond acceptors (Lipinski definition) is 8. The maximum Gasteiger partial charge on any atom is 0.354 e. The number of benzene rings is 1. The quantitative estimate of drug-likeness (QED) is 0.557. The average molecular weight is 429 g/mol. The van der Waals surface area contributed by atoms with Crippen LogP contribution in [-0.2, 0) is 19.1 Å². The molecular formula is C21H23N3O5S. The second kappa shape index (κ2) is 9.93. The molecule has 30 heavy (non-hydrogen) atoms. The number of methoxy groups -OCH3 is 2. The number of nitrogens with one attached hydrogen (secondary N) is 1. The lowest BCUT2D eigenvalue weighted by molar-refractivity contribution is -0.138. The highest BCUT2D eigenvalue weighted by atomic mass is 32.1. The van der Waals surface area contributed by atoms with Crippen molar-refractivity contribution in [1.29, 1.82) is 0 Å². The molecule has 0 bridgehead atoms. The number of carbonyl (C=O) groups excluding carboxylic acids is 3. The summed E-state index contributed by atoms with van der Waals surface area (Å²) in [5.74, 6) is -1.25. The fourth-order valence-corrected chi connectivity index (χ4v) is 3.76. The van der Waals surface area contributed by atoms with E-state index >= 15 is 0 Å².